The van der Waals surface area contributed by atoms with Crippen LogP contribution in [0.25, 0.3) is 0 Å². The number of alkyl halides is 3. The van der Waals surface area contributed by atoms with Crippen LogP contribution in [0.4, 0.5) is 23.7 Å². The fourth-order valence-corrected chi connectivity index (χ4v) is 3.39. The third-order valence-corrected chi connectivity index (χ3v) is 5.48. The molecule has 2 rings (SSSR count). The minimum absolute atomic E-state index is 0.0548. The maximum Gasteiger partial charge on any atom is 0.416 e. The average Bonchev–Trinajstić information content (AvgIpc) is 2.80. The Morgan fingerprint density at radius 2 is 1.73 bits per heavy atom. The number of rotatable bonds is 12. The van der Waals surface area contributed by atoms with Crippen molar-refractivity contribution in [2.45, 2.75) is 52.8 Å². The number of urea groups is 1. The number of anilines is 1. The maximum atomic E-state index is 13.0. The third-order valence-electron chi connectivity index (χ3n) is 5.48. The van der Waals surface area contributed by atoms with Gasteiger partial charge >= 0.3 is 18.2 Å². The number of aliphatic carboxylic acids is 1. The zero-order valence-corrected chi connectivity index (χ0v) is 21.6. The molecule has 204 valence electrons. The number of nitrogens with one attached hydrogen (secondary N) is 1. The number of amides is 2. The SMILES string of the molecule is CCOC(Cc1ccc(OCCN(CCC(C)(C)C)C(=O)Nc2cccc(C(F)(F)F)c2)cc1)C(=O)O. The Hall–Kier alpha value is -3.27. The van der Waals surface area contributed by atoms with Gasteiger partial charge in [0.05, 0.1) is 12.1 Å². The summed E-state index contributed by atoms with van der Waals surface area (Å²) < 4.78 is 50.1. The Morgan fingerprint density at radius 3 is 2.30 bits per heavy atom. The van der Waals surface area contributed by atoms with Crippen LogP contribution in [-0.4, -0.2) is 54.4 Å². The van der Waals surface area contributed by atoms with Crippen LogP contribution in [0.5, 0.6) is 5.75 Å². The molecule has 1 unspecified atom stereocenters. The molecule has 2 aromatic rings. The van der Waals surface area contributed by atoms with Crippen LogP contribution < -0.4 is 10.1 Å². The van der Waals surface area contributed by atoms with Crippen molar-refractivity contribution in [3.63, 3.8) is 0 Å². The van der Waals surface area contributed by atoms with Gasteiger partial charge in [0.15, 0.2) is 6.10 Å². The second-order valence-electron chi connectivity index (χ2n) is 9.79. The number of carboxylic acid groups (broad SMARTS) is 1. The predicted molar refractivity (Wildman–Crippen MR) is 135 cm³/mol. The van der Waals surface area contributed by atoms with Crippen molar-refractivity contribution < 1.29 is 37.3 Å². The highest BCUT2D eigenvalue weighted by Gasteiger charge is 2.30. The van der Waals surface area contributed by atoms with Gasteiger partial charge in [0.2, 0.25) is 0 Å². The van der Waals surface area contributed by atoms with Gasteiger partial charge in [0.1, 0.15) is 12.4 Å². The van der Waals surface area contributed by atoms with E-state index in [0.717, 1.165) is 17.7 Å². The van der Waals surface area contributed by atoms with Crippen molar-refractivity contribution in [2.24, 2.45) is 5.41 Å². The predicted octanol–water partition coefficient (Wildman–Crippen LogP) is 6.09. The van der Waals surface area contributed by atoms with Crippen LogP contribution in [0.2, 0.25) is 0 Å². The summed E-state index contributed by atoms with van der Waals surface area (Å²) in [4.78, 5) is 25.7. The third kappa shape index (κ3) is 10.7. The minimum Gasteiger partial charge on any atom is -0.492 e. The molecule has 0 spiro atoms. The van der Waals surface area contributed by atoms with E-state index < -0.39 is 29.8 Å². The Bertz CT molecular complexity index is 1020. The molecular weight excluding hydrogens is 489 g/mol. The molecule has 0 radical (unpaired) electrons. The lowest BCUT2D eigenvalue weighted by Crippen LogP contribution is -2.39. The van der Waals surface area contributed by atoms with Gasteiger partial charge in [-0.3, -0.25) is 0 Å². The van der Waals surface area contributed by atoms with Crippen LogP contribution in [0.15, 0.2) is 48.5 Å². The van der Waals surface area contributed by atoms with E-state index in [1.165, 1.54) is 17.0 Å². The topological polar surface area (TPSA) is 88.1 Å². The Labute approximate surface area is 215 Å². The number of carbonyl (C=O) groups is 2. The molecule has 0 aromatic heterocycles. The first-order valence-electron chi connectivity index (χ1n) is 12.1. The largest absolute Gasteiger partial charge is 0.492 e. The zero-order valence-electron chi connectivity index (χ0n) is 21.6. The van der Waals surface area contributed by atoms with E-state index in [-0.39, 0.29) is 30.7 Å². The molecule has 0 aliphatic rings. The van der Waals surface area contributed by atoms with E-state index >= 15 is 0 Å². The molecule has 37 heavy (non-hydrogen) atoms. The standard InChI is InChI=1S/C27H35F3N2O5/c1-5-36-23(24(33)34)17-19-9-11-22(12-10-19)37-16-15-32(14-13-26(2,3)4)25(35)31-21-8-6-7-20(18-21)27(28,29)30/h6-12,18,23H,5,13-17H2,1-4H3,(H,31,35)(H,33,34). The van der Waals surface area contributed by atoms with Crippen LogP contribution in [0.1, 0.15) is 45.2 Å². The highest BCUT2D eigenvalue weighted by atomic mass is 19.4. The van der Waals surface area contributed by atoms with Gasteiger partial charge in [-0.25, -0.2) is 9.59 Å². The second-order valence-corrected chi connectivity index (χ2v) is 9.79. The summed E-state index contributed by atoms with van der Waals surface area (Å²) >= 11 is 0. The number of carboxylic acids is 1. The lowest BCUT2D eigenvalue weighted by atomic mass is 9.92. The smallest absolute Gasteiger partial charge is 0.416 e. The van der Waals surface area contributed by atoms with Crippen LogP contribution in [-0.2, 0) is 22.1 Å². The van der Waals surface area contributed by atoms with E-state index in [4.69, 9.17) is 9.47 Å². The number of benzene rings is 2. The molecule has 0 fully saturated rings. The molecule has 10 heteroatoms. The van der Waals surface area contributed by atoms with Crippen molar-refractivity contribution in [3.8, 4) is 5.75 Å². The molecule has 0 bridgehead atoms. The summed E-state index contributed by atoms with van der Waals surface area (Å²) in [6.07, 6.45) is -4.53. The number of ether oxygens (including phenoxy) is 2. The minimum atomic E-state index is -4.51. The first-order valence-corrected chi connectivity index (χ1v) is 12.1. The van der Waals surface area contributed by atoms with E-state index in [9.17, 15) is 27.9 Å². The summed E-state index contributed by atoms with van der Waals surface area (Å²) in [6.45, 7) is 8.91. The lowest BCUT2D eigenvalue weighted by Gasteiger charge is -2.27. The summed E-state index contributed by atoms with van der Waals surface area (Å²) in [5.74, 6) is -0.484. The van der Waals surface area contributed by atoms with Gasteiger partial charge in [-0.1, -0.05) is 39.0 Å². The van der Waals surface area contributed by atoms with E-state index in [2.05, 4.69) is 5.32 Å². The maximum absolute atomic E-state index is 13.0. The van der Waals surface area contributed by atoms with Gasteiger partial charge in [-0.2, -0.15) is 13.2 Å². The van der Waals surface area contributed by atoms with Crippen LogP contribution in [0, 0.1) is 5.41 Å². The molecule has 2 aromatic carbocycles. The quantitative estimate of drug-likeness (QED) is 0.351. The van der Waals surface area contributed by atoms with Crippen LogP contribution in [0.3, 0.4) is 0 Å². The molecule has 1 atom stereocenters. The summed E-state index contributed by atoms with van der Waals surface area (Å²) in [5, 5.41) is 11.8. The molecule has 0 saturated heterocycles. The first-order chi connectivity index (χ1) is 17.3. The number of halogens is 3. The molecule has 7 nitrogen and oxygen atoms in total. The lowest BCUT2D eigenvalue weighted by molar-refractivity contribution is -0.150. The zero-order chi connectivity index (χ0) is 27.6. The Morgan fingerprint density at radius 1 is 1.05 bits per heavy atom. The van der Waals surface area contributed by atoms with Crippen LogP contribution >= 0.6 is 0 Å². The summed E-state index contributed by atoms with van der Waals surface area (Å²) in [5.41, 5.74) is -0.0562. The molecule has 0 aliphatic carbocycles. The van der Waals surface area contributed by atoms with Gasteiger partial charge in [0.25, 0.3) is 0 Å². The highest BCUT2D eigenvalue weighted by molar-refractivity contribution is 5.89. The number of carbonyl (C=O) groups excluding carboxylic acids is 1. The van der Waals surface area contributed by atoms with Crippen molar-refractivity contribution in [1.29, 1.82) is 0 Å². The monoisotopic (exact) mass is 524 g/mol. The summed E-state index contributed by atoms with van der Waals surface area (Å²) in [6, 6.07) is 10.9. The fraction of sp³-hybridized carbons (Fsp3) is 0.481. The molecule has 0 aliphatic heterocycles. The molecule has 0 saturated carbocycles. The van der Waals surface area contributed by atoms with Gasteiger partial charge in [0, 0.05) is 25.3 Å². The first kappa shape index (κ1) is 30.0. The highest BCUT2D eigenvalue weighted by Crippen LogP contribution is 2.30. The fourth-order valence-electron chi connectivity index (χ4n) is 3.39. The molecule has 2 amide bonds. The molecular formula is C27H35F3N2O5. The number of nitrogens with zero attached hydrogens (tertiary/aromatic N) is 1. The molecule has 2 N–H and O–H groups in total. The van der Waals surface area contributed by atoms with Crippen molar-refractivity contribution in [2.75, 3.05) is 31.6 Å². The van der Waals surface area contributed by atoms with E-state index in [0.29, 0.717) is 25.3 Å². The average molecular weight is 525 g/mol. The van der Waals surface area contributed by atoms with Gasteiger partial charge in [-0.05, 0) is 54.7 Å². The van der Waals surface area contributed by atoms with Crippen molar-refractivity contribution >= 4 is 17.7 Å². The van der Waals surface area contributed by atoms with E-state index in [1.54, 1.807) is 31.2 Å². The van der Waals surface area contributed by atoms with Crippen molar-refractivity contribution in [3.05, 3.63) is 59.7 Å². The van der Waals surface area contributed by atoms with E-state index in [1.807, 2.05) is 20.8 Å². The van der Waals surface area contributed by atoms with Crippen molar-refractivity contribution in [1.82, 2.24) is 4.90 Å². The normalized spacial score (nSPS) is 12.6. The van der Waals surface area contributed by atoms with Gasteiger partial charge < -0.3 is 24.8 Å². The second kappa shape index (κ2) is 13.3. The summed E-state index contributed by atoms with van der Waals surface area (Å²) in [7, 11) is 0. The molecule has 0 heterocycles. The number of hydrogen-bond donors (Lipinski definition) is 2. The number of hydrogen-bond acceptors (Lipinski definition) is 4. The Balaban J connectivity index is 2.00. The van der Waals surface area contributed by atoms with Gasteiger partial charge in [-0.15, -0.1) is 0 Å². The Kier molecular flexibility index (Phi) is 10.8.